The molecule has 2 rings (SSSR count). The summed E-state index contributed by atoms with van der Waals surface area (Å²) in [5, 5.41) is 3.00. The average molecular weight is 275 g/mol. The lowest BCUT2D eigenvalue weighted by molar-refractivity contribution is 0.0519. The molecule has 0 aliphatic rings. The highest BCUT2D eigenvalue weighted by molar-refractivity contribution is 5.87. The van der Waals surface area contributed by atoms with Crippen LogP contribution in [0.3, 0.4) is 0 Å². The van der Waals surface area contributed by atoms with Gasteiger partial charge >= 0.3 is 5.97 Å². The number of nitrogens with zero attached hydrogens (tertiary/aromatic N) is 2. The topological polar surface area (TPSA) is 67.6 Å². The van der Waals surface area contributed by atoms with Gasteiger partial charge < -0.3 is 19.4 Å². The summed E-state index contributed by atoms with van der Waals surface area (Å²) in [4.78, 5) is 17.5. The molecule has 1 aromatic carbocycles. The summed E-state index contributed by atoms with van der Waals surface area (Å²) < 4.78 is 10.0. The minimum absolute atomic E-state index is 0.151. The molecule has 6 nitrogen and oxygen atoms in total. The highest BCUT2D eigenvalue weighted by Crippen LogP contribution is 2.21. The van der Waals surface area contributed by atoms with Gasteiger partial charge in [-0.25, -0.2) is 4.79 Å². The van der Waals surface area contributed by atoms with Crippen molar-refractivity contribution < 1.29 is 13.9 Å². The first kappa shape index (κ1) is 13.9. The highest BCUT2D eigenvalue weighted by Gasteiger charge is 2.13. The summed E-state index contributed by atoms with van der Waals surface area (Å²) >= 11 is 0. The number of benzene rings is 1. The number of oxazole rings is 1. The molecule has 20 heavy (non-hydrogen) atoms. The first-order valence-electron chi connectivity index (χ1n) is 6.27. The number of aromatic nitrogens is 1. The Morgan fingerprint density at radius 2 is 2.25 bits per heavy atom. The summed E-state index contributed by atoms with van der Waals surface area (Å²) in [6.07, 6.45) is 1.27. The van der Waals surface area contributed by atoms with Crippen LogP contribution in [0, 0.1) is 0 Å². The highest BCUT2D eigenvalue weighted by atomic mass is 16.5. The third-order valence-corrected chi connectivity index (χ3v) is 2.60. The van der Waals surface area contributed by atoms with E-state index in [2.05, 4.69) is 10.3 Å². The van der Waals surface area contributed by atoms with E-state index < -0.39 is 5.97 Å². The summed E-state index contributed by atoms with van der Waals surface area (Å²) in [5.41, 5.74) is 2.03. The second kappa shape index (κ2) is 6.10. The van der Waals surface area contributed by atoms with Gasteiger partial charge in [-0.1, -0.05) is 6.07 Å². The zero-order valence-corrected chi connectivity index (χ0v) is 11.7. The third-order valence-electron chi connectivity index (χ3n) is 2.60. The van der Waals surface area contributed by atoms with Crippen LogP contribution in [-0.4, -0.2) is 31.7 Å². The molecule has 106 valence electrons. The van der Waals surface area contributed by atoms with E-state index in [4.69, 9.17) is 9.15 Å². The van der Waals surface area contributed by atoms with Crippen LogP contribution in [0.25, 0.3) is 0 Å². The van der Waals surface area contributed by atoms with E-state index in [0.717, 1.165) is 11.4 Å². The van der Waals surface area contributed by atoms with E-state index in [1.165, 1.54) is 6.26 Å². The van der Waals surface area contributed by atoms with Gasteiger partial charge in [0.1, 0.15) is 6.26 Å². The molecule has 0 bridgehead atoms. The van der Waals surface area contributed by atoms with Crippen LogP contribution in [0.2, 0.25) is 0 Å². The van der Waals surface area contributed by atoms with Gasteiger partial charge in [-0.2, -0.15) is 4.98 Å². The number of hydrogen-bond acceptors (Lipinski definition) is 6. The molecule has 0 radical (unpaired) electrons. The Morgan fingerprint density at radius 1 is 1.45 bits per heavy atom. The monoisotopic (exact) mass is 275 g/mol. The minimum atomic E-state index is -0.494. The zero-order valence-electron chi connectivity index (χ0n) is 11.7. The molecular formula is C14H17N3O3. The second-order valence-corrected chi connectivity index (χ2v) is 4.33. The number of hydrogen-bond donors (Lipinski definition) is 1. The Balaban J connectivity index is 2.10. The standard InChI is InChI=1S/C14H17N3O3/c1-4-19-13(18)12-9-20-14(16-12)15-10-6-5-7-11(8-10)17(2)3/h5-9H,4H2,1-3H3,(H,15,16). The first-order chi connectivity index (χ1) is 9.60. The smallest absolute Gasteiger partial charge is 0.360 e. The van der Waals surface area contributed by atoms with Gasteiger partial charge in [0, 0.05) is 25.5 Å². The van der Waals surface area contributed by atoms with Crippen molar-refractivity contribution >= 4 is 23.4 Å². The number of carbonyl (C=O) groups is 1. The largest absolute Gasteiger partial charge is 0.461 e. The zero-order chi connectivity index (χ0) is 14.5. The quantitative estimate of drug-likeness (QED) is 0.846. The second-order valence-electron chi connectivity index (χ2n) is 4.33. The molecule has 0 saturated heterocycles. The van der Waals surface area contributed by atoms with E-state index in [0.29, 0.717) is 6.61 Å². The molecule has 0 unspecified atom stereocenters. The fourth-order valence-corrected chi connectivity index (χ4v) is 1.62. The van der Waals surface area contributed by atoms with Crippen molar-refractivity contribution in [3.63, 3.8) is 0 Å². The van der Waals surface area contributed by atoms with Crippen molar-refractivity contribution in [3.8, 4) is 0 Å². The summed E-state index contributed by atoms with van der Waals surface area (Å²) in [5.74, 6) is -0.494. The van der Waals surface area contributed by atoms with Gasteiger partial charge in [0.15, 0.2) is 5.69 Å². The number of anilines is 3. The van der Waals surface area contributed by atoms with Crippen LogP contribution >= 0.6 is 0 Å². The predicted octanol–water partition coefficient (Wildman–Crippen LogP) is 2.66. The molecular weight excluding hydrogens is 258 g/mol. The van der Waals surface area contributed by atoms with Crippen LogP contribution < -0.4 is 10.2 Å². The van der Waals surface area contributed by atoms with Gasteiger partial charge in [-0.05, 0) is 25.1 Å². The van der Waals surface area contributed by atoms with Gasteiger partial charge in [-0.3, -0.25) is 0 Å². The average Bonchev–Trinajstić information content (AvgIpc) is 2.88. The van der Waals surface area contributed by atoms with Crippen LogP contribution in [0.1, 0.15) is 17.4 Å². The fourth-order valence-electron chi connectivity index (χ4n) is 1.62. The van der Waals surface area contributed by atoms with Gasteiger partial charge in [0.2, 0.25) is 0 Å². The Kier molecular flexibility index (Phi) is 4.24. The van der Waals surface area contributed by atoms with Gasteiger partial charge in [-0.15, -0.1) is 0 Å². The van der Waals surface area contributed by atoms with E-state index in [1.807, 2.05) is 43.3 Å². The normalized spacial score (nSPS) is 10.2. The van der Waals surface area contributed by atoms with Crippen molar-refractivity contribution in [2.75, 3.05) is 30.9 Å². The SMILES string of the molecule is CCOC(=O)c1coc(Nc2cccc(N(C)C)c2)n1. The van der Waals surface area contributed by atoms with Gasteiger partial charge in [0.05, 0.1) is 6.61 Å². The molecule has 1 heterocycles. The molecule has 1 N–H and O–H groups in total. The van der Waals surface area contributed by atoms with Crippen molar-refractivity contribution in [1.29, 1.82) is 0 Å². The van der Waals surface area contributed by atoms with Crippen molar-refractivity contribution in [1.82, 2.24) is 4.98 Å². The molecule has 1 aromatic heterocycles. The first-order valence-corrected chi connectivity index (χ1v) is 6.27. The van der Waals surface area contributed by atoms with E-state index >= 15 is 0 Å². The van der Waals surface area contributed by atoms with Gasteiger partial charge in [0.25, 0.3) is 6.01 Å². The predicted molar refractivity (Wildman–Crippen MR) is 76.5 cm³/mol. The van der Waals surface area contributed by atoms with Crippen LogP contribution in [0.15, 0.2) is 34.9 Å². The summed E-state index contributed by atoms with van der Waals surface area (Å²) in [6.45, 7) is 2.04. The number of rotatable bonds is 5. The molecule has 0 spiro atoms. The number of esters is 1. The van der Waals surface area contributed by atoms with Crippen molar-refractivity contribution in [2.24, 2.45) is 0 Å². The molecule has 2 aromatic rings. The maximum atomic E-state index is 11.5. The van der Waals surface area contributed by atoms with Crippen LogP contribution in [-0.2, 0) is 4.74 Å². The molecule has 6 heteroatoms. The Morgan fingerprint density at radius 3 is 2.95 bits per heavy atom. The molecule has 0 fully saturated rings. The summed E-state index contributed by atoms with van der Waals surface area (Å²) in [7, 11) is 3.92. The molecule has 0 saturated carbocycles. The lowest BCUT2D eigenvalue weighted by atomic mass is 10.2. The number of carbonyl (C=O) groups excluding carboxylic acids is 1. The molecule has 0 aliphatic carbocycles. The Hall–Kier alpha value is -2.50. The fraction of sp³-hybridized carbons (Fsp3) is 0.286. The van der Waals surface area contributed by atoms with E-state index in [1.54, 1.807) is 6.92 Å². The Labute approximate surface area is 117 Å². The third kappa shape index (κ3) is 3.28. The molecule has 0 amide bonds. The van der Waals surface area contributed by atoms with Crippen molar-refractivity contribution in [2.45, 2.75) is 6.92 Å². The maximum Gasteiger partial charge on any atom is 0.360 e. The van der Waals surface area contributed by atoms with Crippen molar-refractivity contribution in [3.05, 3.63) is 36.2 Å². The van der Waals surface area contributed by atoms with E-state index in [9.17, 15) is 4.79 Å². The minimum Gasteiger partial charge on any atom is -0.461 e. The number of nitrogens with one attached hydrogen (secondary N) is 1. The van der Waals surface area contributed by atoms with Crippen LogP contribution in [0.4, 0.5) is 17.4 Å². The van der Waals surface area contributed by atoms with E-state index in [-0.39, 0.29) is 11.7 Å². The maximum absolute atomic E-state index is 11.5. The number of ether oxygens (including phenoxy) is 1. The lowest BCUT2D eigenvalue weighted by Gasteiger charge is -2.13. The molecule has 0 atom stereocenters. The Bertz CT molecular complexity index is 593. The molecule has 0 aliphatic heterocycles. The van der Waals surface area contributed by atoms with Crippen LogP contribution in [0.5, 0.6) is 0 Å². The summed E-state index contributed by atoms with van der Waals surface area (Å²) in [6, 6.07) is 8.01. The lowest BCUT2D eigenvalue weighted by Crippen LogP contribution is -2.08.